The lowest BCUT2D eigenvalue weighted by Crippen LogP contribution is -2.50. The number of halogens is 3. The Hall–Kier alpha value is -3.28. The number of hydrogen-bond donors (Lipinski definition) is 3. The first-order chi connectivity index (χ1) is 20.5. The molecule has 8 heteroatoms. The van der Waals surface area contributed by atoms with Crippen LogP contribution in [0, 0.1) is 36.8 Å². The summed E-state index contributed by atoms with van der Waals surface area (Å²) in [6, 6.07) is 16.0. The highest BCUT2D eigenvalue weighted by Crippen LogP contribution is 2.45. The molecule has 0 aromatic heterocycles. The molecule has 0 aliphatic heterocycles. The Morgan fingerprint density at radius 3 is 2.41 bits per heavy atom. The summed E-state index contributed by atoms with van der Waals surface area (Å²) in [5.41, 5.74) is 4.33. The Bertz CT molecular complexity index is 1450. The third-order valence-electron chi connectivity index (χ3n) is 8.08. The zero-order chi connectivity index (χ0) is 31.1. The maximum Gasteiger partial charge on any atom is 0.251 e. The minimum absolute atomic E-state index is 0. The standard InChI is InChI=1S/C36H43F2N3O2.ClH/c1-6-26-8-7-9-30(17-26)36(11-12-36)39-22-34(42)33(20-27-18-31(37)21-32(38)19-27)40-35(43)29-15-25(4)14-28(16-29)23-41(5)13-10-24(2)3;/h1,7-9,14-19,21,24,33-34,39,42H,10-13,20,22-23H2,2-5H3,(H,40,43);1H/t33-,34-;/m0./s1. The van der Waals surface area contributed by atoms with Crippen LogP contribution in [-0.4, -0.2) is 48.2 Å². The number of aliphatic hydroxyl groups excluding tert-OH is 1. The fraction of sp³-hybridized carbons (Fsp3) is 0.417. The van der Waals surface area contributed by atoms with E-state index in [1.165, 1.54) is 12.1 Å². The highest BCUT2D eigenvalue weighted by atomic mass is 35.5. The number of aryl methyl sites for hydroxylation is 1. The monoisotopic (exact) mass is 623 g/mol. The average molecular weight is 624 g/mol. The Labute approximate surface area is 266 Å². The van der Waals surface area contributed by atoms with Crippen molar-refractivity contribution < 1.29 is 18.7 Å². The number of carbonyl (C=O) groups is 1. The number of rotatable bonds is 14. The van der Waals surface area contributed by atoms with Crippen molar-refractivity contribution in [3.8, 4) is 12.3 Å². The molecular formula is C36H44ClF2N3O2. The Morgan fingerprint density at radius 2 is 1.77 bits per heavy atom. The Morgan fingerprint density at radius 1 is 1.07 bits per heavy atom. The van der Waals surface area contributed by atoms with E-state index in [9.17, 15) is 18.7 Å². The SMILES string of the molecule is C#Cc1cccc(C2(NC[C@H](O)[C@H](Cc3cc(F)cc(F)c3)NC(=O)c3cc(C)cc(CN(C)CCC(C)C)c3)CC2)c1.Cl. The van der Waals surface area contributed by atoms with Gasteiger partial charge in [-0.1, -0.05) is 43.5 Å². The number of nitrogens with zero attached hydrogens (tertiary/aromatic N) is 1. The summed E-state index contributed by atoms with van der Waals surface area (Å²) in [5, 5.41) is 17.8. The fourth-order valence-electron chi connectivity index (χ4n) is 5.51. The molecule has 2 atom stereocenters. The second kappa shape index (κ2) is 15.6. The normalized spacial score (nSPS) is 14.9. The van der Waals surface area contributed by atoms with Crippen LogP contribution in [0.5, 0.6) is 0 Å². The van der Waals surface area contributed by atoms with E-state index in [1.54, 1.807) is 0 Å². The molecule has 3 N–H and O–H groups in total. The minimum atomic E-state index is -1.03. The molecule has 1 aliphatic carbocycles. The van der Waals surface area contributed by atoms with Crippen molar-refractivity contribution in [2.24, 2.45) is 5.92 Å². The zero-order valence-electron chi connectivity index (χ0n) is 26.0. The van der Waals surface area contributed by atoms with Crippen LogP contribution in [0.4, 0.5) is 8.78 Å². The molecule has 0 bridgehead atoms. The third kappa shape index (κ3) is 9.87. The van der Waals surface area contributed by atoms with E-state index in [-0.39, 0.29) is 36.8 Å². The summed E-state index contributed by atoms with van der Waals surface area (Å²) in [7, 11) is 2.07. The van der Waals surface area contributed by atoms with Crippen molar-refractivity contribution in [3.63, 3.8) is 0 Å². The van der Waals surface area contributed by atoms with Gasteiger partial charge in [0.1, 0.15) is 11.6 Å². The van der Waals surface area contributed by atoms with Crippen LogP contribution in [0.2, 0.25) is 0 Å². The molecule has 3 aromatic carbocycles. The molecule has 0 heterocycles. The van der Waals surface area contributed by atoms with E-state index >= 15 is 0 Å². The highest BCUT2D eigenvalue weighted by Gasteiger charge is 2.44. The predicted octanol–water partition coefficient (Wildman–Crippen LogP) is 6.14. The van der Waals surface area contributed by atoms with Crippen LogP contribution in [-0.2, 0) is 18.5 Å². The molecule has 0 unspecified atom stereocenters. The second-order valence-electron chi connectivity index (χ2n) is 12.4. The van der Waals surface area contributed by atoms with Crippen LogP contribution in [0.25, 0.3) is 0 Å². The summed E-state index contributed by atoms with van der Waals surface area (Å²) in [6.45, 7) is 8.17. The number of hydrogen-bond acceptors (Lipinski definition) is 4. The maximum atomic E-state index is 14.0. The van der Waals surface area contributed by atoms with E-state index in [0.717, 1.165) is 54.1 Å². The first kappa shape index (κ1) is 35.2. The van der Waals surface area contributed by atoms with Crippen LogP contribution >= 0.6 is 12.4 Å². The largest absolute Gasteiger partial charge is 0.390 e. The van der Waals surface area contributed by atoms with Gasteiger partial charge in [-0.3, -0.25) is 4.79 Å². The first-order valence-electron chi connectivity index (χ1n) is 15.0. The lowest BCUT2D eigenvalue weighted by atomic mass is 9.98. The quantitative estimate of drug-likeness (QED) is 0.189. The van der Waals surface area contributed by atoms with E-state index in [0.29, 0.717) is 23.6 Å². The smallest absolute Gasteiger partial charge is 0.251 e. The Kier molecular flexibility index (Phi) is 12.5. The Balaban J connectivity index is 0.00000529. The van der Waals surface area contributed by atoms with Crippen molar-refractivity contribution in [2.75, 3.05) is 20.1 Å². The van der Waals surface area contributed by atoms with E-state index in [2.05, 4.69) is 48.4 Å². The number of benzene rings is 3. The number of nitrogens with one attached hydrogen (secondary N) is 2. The van der Waals surface area contributed by atoms with Gasteiger partial charge < -0.3 is 20.6 Å². The van der Waals surface area contributed by atoms with Gasteiger partial charge in [-0.05, 0) is 105 Å². The minimum Gasteiger partial charge on any atom is -0.390 e. The number of carbonyl (C=O) groups excluding carboxylic acids is 1. The van der Waals surface area contributed by atoms with Gasteiger partial charge in [0.15, 0.2) is 0 Å². The van der Waals surface area contributed by atoms with Gasteiger partial charge in [0.25, 0.3) is 5.91 Å². The lowest BCUT2D eigenvalue weighted by molar-refractivity contribution is 0.0821. The molecule has 0 saturated heterocycles. The molecule has 4 rings (SSSR count). The van der Waals surface area contributed by atoms with Crippen LogP contribution in [0.15, 0.2) is 60.7 Å². The predicted molar refractivity (Wildman–Crippen MR) is 175 cm³/mol. The molecule has 0 radical (unpaired) electrons. The highest BCUT2D eigenvalue weighted by molar-refractivity contribution is 5.94. The van der Waals surface area contributed by atoms with E-state index < -0.39 is 23.8 Å². The molecule has 236 valence electrons. The second-order valence-corrected chi connectivity index (χ2v) is 12.4. The van der Waals surface area contributed by atoms with Gasteiger partial charge in [-0.25, -0.2) is 8.78 Å². The number of aliphatic hydroxyl groups is 1. The van der Waals surface area contributed by atoms with Gasteiger partial charge in [0.05, 0.1) is 12.1 Å². The van der Waals surface area contributed by atoms with Crippen molar-refractivity contribution >= 4 is 18.3 Å². The zero-order valence-corrected chi connectivity index (χ0v) is 26.8. The van der Waals surface area contributed by atoms with Gasteiger partial charge >= 0.3 is 0 Å². The van der Waals surface area contributed by atoms with E-state index in [1.807, 2.05) is 43.3 Å². The van der Waals surface area contributed by atoms with Crippen molar-refractivity contribution in [1.29, 1.82) is 0 Å². The van der Waals surface area contributed by atoms with Crippen LogP contribution in [0.3, 0.4) is 0 Å². The van der Waals surface area contributed by atoms with Crippen molar-refractivity contribution in [2.45, 2.75) is 70.7 Å². The number of amides is 1. The molecule has 0 spiro atoms. The maximum absolute atomic E-state index is 14.0. The molecule has 1 saturated carbocycles. The van der Waals surface area contributed by atoms with Gasteiger partial charge in [0, 0.05) is 35.8 Å². The van der Waals surface area contributed by atoms with Gasteiger partial charge in [-0.15, -0.1) is 18.8 Å². The van der Waals surface area contributed by atoms with Crippen molar-refractivity contribution in [1.82, 2.24) is 15.5 Å². The number of terminal acetylenes is 1. The summed E-state index contributed by atoms with van der Waals surface area (Å²) in [5.74, 6) is 1.51. The first-order valence-corrected chi connectivity index (χ1v) is 15.0. The van der Waals surface area contributed by atoms with Crippen molar-refractivity contribution in [3.05, 3.63) is 106 Å². The summed E-state index contributed by atoms with van der Waals surface area (Å²) in [4.78, 5) is 15.8. The summed E-state index contributed by atoms with van der Waals surface area (Å²) in [6.07, 6.45) is 7.47. The molecule has 5 nitrogen and oxygen atoms in total. The lowest BCUT2D eigenvalue weighted by Gasteiger charge is -2.27. The van der Waals surface area contributed by atoms with Crippen LogP contribution in [0.1, 0.15) is 71.3 Å². The topological polar surface area (TPSA) is 64.6 Å². The third-order valence-corrected chi connectivity index (χ3v) is 8.08. The molecular weight excluding hydrogens is 580 g/mol. The average Bonchev–Trinajstić information content (AvgIpc) is 3.75. The molecule has 1 fully saturated rings. The molecule has 3 aromatic rings. The fourth-order valence-corrected chi connectivity index (χ4v) is 5.51. The summed E-state index contributed by atoms with van der Waals surface area (Å²) >= 11 is 0. The molecule has 1 aliphatic rings. The summed E-state index contributed by atoms with van der Waals surface area (Å²) < 4.78 is 28.1. The van der Waals surface area contributed by atoms with Gasteiger partial charge in [-0.2, -0.15) is 0 Å². The van der Waals surface area contributed by atoms with E-state index in [4.69, 9.17) is 6.42 Å². The molecule has 1 amide bonds. The van der Waals surface area contributed by atoms with Crippen LogP contribution < -0.4 is 10.6 Å². The molecule has 44 heavy (non-hydrogen) atoms. The van der Waals surface area contributed by atoms with Gasteiger partial charge in [0.2, 0.25) is 0 Å².